The Bertz CT molecular complexity index is 362. The summed E-state index contributed by atoms with van der Waals surface area (Å²) in [6, 6.07) is 2.50. The number of nitrogens with two attached hydrogens (primary N) is 1. The van der Waals surface area contributed by atoms with Crippen LogP contribution in [-0.4, -0.2) is 24.5 Å². The minimum absolute atomic E-state index is 0.385. The molecule has 2 N–H and O–H groups in total. The first-order chi connectivity index (χ1) is 7.53. The zero-order valence-electron chi connectivity index (χ0n) is 9.87. The molecule has 2 rings (SSSR count). The molecule has 0 radical (unpaired) electrons. The Balaban J connectivity index is 2.16. The molecule has 0 aromatic carbocycles. The van der Waals surface area contributed by atoms with E-state index in [4.69, 9.17) is 5.73 Å². The highest BCUT2D eigenvalue weighted by Gasteiger charge is 2.34. The van der Waals surface area contributed by atoms with Crippen molar-refractivity contribution in [2.24, 2.45) is 11.1 Å². The van der Waals surface area contributed by atoms with E-state index in [1.807, 2.05) is 0 Å². The molecular formula is C12H19BrN2S. The van der Waals surface area contributed by atoms with Crippen LogP contribution in [0.3, 0.4) is 0 Å². The van der Waals surface area contributed by atoms with Gasteiger partial charge in [-0.05, 0) is 45.8 Å². The standard InChI is InChI=1S/C12H19BrN2S/c1-12(2)4-5-15(8-12)10(7-14)11-9(13)3-6-16-11/h3,6,10H,4-5,7-8,14H2,1-2H3. The Labute approximate surface area is 110 Å². The number of rotatable bonds is 3. The summed E-state index contributed by atoms with van der Waals surface area (Å²) >= 11 is 5.41. The highest BCUT2D eigenvalue weighted by Crippen LogP contribution is 2.38. The van der Waals surface area contributed by atoms with Crippen molar-refractivity contribution in [1.82, 2.24) is 4.90 Å². The van der Waals surface area contributed by atoms with Gasteiger partial charge >= 0.3 is 0 Å². The van der Waals surface area contributed by atoms with Gasteiger partial charge in [-0.15, -0.1) is 11.3 Å². The summed E-state index contributed by atoms with van der Waals surface area (Å²) < 4.78 is 1.21. The molecule has 1 unspecified atom stereocenters. The van der Waals surface area contributed by atoms with Gasteiger partial charge in [-0.3, -0.25) is 4.90 Å². The van der Waals surface area contributed by atoms with Gasteiger partial charge < -0.3 is 5.73 Å². The second kappa shape index (κ2) is 4.77. The molecule has 2 heterocycles. The summed E-state index contributed by atoms with van der Waals surface area (Å²) in [5.74, 6) is 0. The first-order valence-corrected chi connectivity index (χ1v) is 7.38. The highest BCUT2D eigenvalue weighted by molar-refractivity contribution is 9.10. The molecule has 0 bridgehead atoms. The van der Waals surface area contributed by atoms with Crippen LogP contribution in [0.15, 0.2) is 15.9 Å². The lowest BCUT2D eigenvalue weighted by atomic mass is 9.93. The number of hydrogen-bond donors (Lipinski definition) is 1. The Morgan fingerprint density at radius 3 is 2.81 bits per heavy atom. The van der Waals surface area contributed by atoms with E-state index in [2.05, 4.69) is 46.1 Å². The summed E-state index contributed by atoms with van der Waals surface area (Å²) in [5, 5.41) is 2.13. The predicted molar refractivity (Wildman–Crippen MR) is 73.8 cm³/mol. The molecule has 4 heteroatoms. The molecule has 0 amide bonds. The first-order valence-electron chi connectivity index (χ1n) is 5.70. The fourth-order valence-electron chi connectivity index (χ4n) is 2.39. The van der Waals surface area contributed by atoms with E-state index in [0.717, 1.165) is 6.54 Å². The highest BCUT2D eigenvalue weighted by atomic mass is 79.9. The lowest BCUT2D eigenvalue weighted by Crippen LogP contribution is -2.32. The molecule has 0 spiro atoms. The van der Waals surface area contributed by atoms with Gasteiger partial charge in [-0.25, -0.2) is 0 Å². The second-order valence-corrected chi connectivity index (χ2v) is 7.07. The molecule has 0 aliphatic carbocycles. The van der Waals surface area contributed by atoms with Gasteiger partial charge in [-0.2, -0.15) is 0 Å². The largest absolute Gasteiger partial charge is 0.329 e. The molecule has 1 atom stereocenters. The molecule has 1 aliphatic rings. The molecule has 2 nitrogen and oxygen atoms in total. The fourth-order valence-corrected chi connectivity index (χ4v) is 4.17. The average Bonchev–Trinajstić information content (AvgIpc) is 2.76. The Kier molecular flexibility index (Phi) is 3.74. The third kappa shape index (κ3) is 2.50. The molecule has 1 aromatic heterocycles. The van der Waals surface area contributed by atoms with Crippen molar-refractivity contribution in [1.29, 1.82) is 0 Å². The van der Waals surface area contributed by atoms with Crippen LogP contribution in [0.2, 0.25) is 0 Å². The monoisotopic (exact) mass is 302 g/mol. The van der Waals surface area contributed by atoms with Crippen molar-refractivity contribution < 1.29 is 0 Å². The van der Waals surface area contributed by atoms with Gasteiger partial charge in [-0.1, -0.05) is 13.8 Å². The van der Waals surface area contributed by atoms with Crippen LogP contribution in [0.25, 0.3) is 0 Å². The summed E-state index contributed by atoms with van der Waals surface area (Å²) in [4.78, 5) is 3.90. The van der Waals surface area contributed by atoms with E-state index in [1.54, 1.807) is 11.3 Å². The number of halogens is 1. The molecule has 1 aliphatic heterocycles. The SMILES string of the molecule is CC1(C)CCN(C(CN)c2sccc2Br)C1. The van der Waals surface area contributed by atoms with Crippen molar-refractivity contribution in [2.45, 2.75) is 26.3 Å². The lowest BCUT2D eigenvalue weighted by molar-refractivity contribution is 0.225. The average molecular weight is 303 g/mol. The zero-order valence-corrected chi connectivity index (χ0v) is 12.3. The maximum atomic E-state index is 5.95. The van der Waals surface area contributed by atoms with Gasteiger partial charge in [0.2, 0.25) is 0 Å². The van der Waals surface area contributed by atoms with E-state index >= 15 is 0 Å². The van der Waals surface area contributed by atoms with Crippen LogP contribution in [0, 0.1) is 5.41 Å². The van der Waals surface area contributed by atoms with Crippen LogP contribution < -0.4 is 5.73 Å². The van der Waals surface area contributed by atoms with Crippen molar-refractivity contribution >= 4 is 27.3 Å². The van der Waals surface area contributed by atoms with Gasteiger partial charge in [0.05, 0.1) is 6.04 Å². The van der Waals surface area contributed by atoms with Crippen LogP contribution in [0.5, 0.6) is 0 Å². The molecule has 1 saturated heterocycles. The molecule has 16 heavy (non-hydrogen) atoms. The lowest BCUT2D eigenvalue weighted by Gasteiger charge is -2.27. The van der Waals surface area contributed by atoms with Crippen molar-refractivity contribution in [3.05, 3.63) is 20.8 Å². The predicted octanol–water partition coefficient (Wildman–Crippen LogP) is 3.24. The summed E-state index contributed by atoms with van der Waals surface area (Å²) in [5.41, 5.74) is 6.39. The topological polar surface area (TPSA) is 29.3 Å². The van der Waals surface area contributed by atoms with Crippen molar-refractivity contribution in [3.8, 4) is 0 Å². The number of thiophene rings is 1. The normalized spacial score (nSPS) is 22.5. The number of hydrogen-bond acceptors (Lipinski definition) is 3. The van der Waals surface area contributed by atoms with E-state index < -0.39 is 0 Å². The van der Waals surface area contributed by atoms with E-state index in [-0.39, 0.29) is 0 Å². The van der Waals surface area contributed by atoms with Crippen LogP contribution in [-0.2, 0) is 0 Å². The third-order valence-corrected chi connectivity index (χ3v) is 5.29. The molecule has 0 saturated carbocycles. The zero-order chi connectivity index (χ0) is 11.8. The number of likely N-dealkylation sites (tertiary alicyclic amines) is 1. The summed E-state index contributed by atoms with van der Waals surface area (Å²) in [6.45, 7) is 7.70. The van der Waals surface area contributed by atoms with E-state index in [1.165, 1.54) is 22.3 Å². The molecule has 90 valence electrons. The van der Waals surface area contributed by atoms with Gasteiger partial charge in [0.25, 0.3) is 0 Å². The number of nitrogens with zero attached hydrogens (tertiary/aromatic N) is 1. The minimum atomic E-state index is 0.385. The Hall–Kier alpha value is 0.100. The summed E-state index contributed by atoms with van der Waals surface area (Å²) in [6.07, 6.45) is 1.27. The molecule has 1 aromatic rings. The Morgan fingerprint density at radius 1 is 1.62 bits per heavy atom. The van der Waals surface area contributed by atoms with Crippen molar-refractivity contribution in [3.63, 3.8) is 0 Å². The smallest absolute Gasteiger partial charge is 0.0575 e. The van der Waals surface area contributed by atoms with Gasteiger partial charge in [0.15, 0.2) is 0 Å². The van der Waals surface area contributed by atoms with Crippen molar-refractivity contribution in [2.75, 3.05) is 19.6 Å². The molecule has 1 fully saturated rings. The van der Waals surface area contributed by atoms with Crippen LogP contribution in [0.1, 0.15) is 31.2 Å². The van der Waals surface area contributed by atoms with Gasteiger partial charge in [0, 0.05) is 22.4 Å². The van der Waals surface area contributed by atoms with Gasteiger partial charge in [0.1, 0.15) is 0 Å². The van der Waals surface area contributed by atoms with E-state index in [0.29, 0.717) is 18.0 Å². The Morgan fingerprint density at radius 2 is 2.38 bits per heavy atom. The maximum absolute atomic E-state index is 5.95. The minimum Gasteiger partial charge on any atom is -0.329 e. The first kappa shape index (κ1) is 12.6. The second-order valence-electron chi connectivity index (χ2n) is 5.27. The van der Waals surface area contributed by atoms with E-state index in [9.17, 15) is 0 Å². The third-order valence-electron chi connectivity index (χ3n) is 3.32. The fraction of sp³-hybridized carbons (Fsp3) is 0.667. The van der Waals surface area contributed by atoms with Crippen LogP contribution >= 0.6 is 27.3 Å². The van der Waals surface area contributed by atoms with Crippen LogP contribution in [0.4, 0.5) is 0 Å². The molecular weight excluding hydrogens is 284 g/mol. The maximum Gasteiger partial charge on any atom is 0.0575 e. The summed E-state index contributed by atoms with van der Waals surface area (Å²) in [7, 11) is 0. The quantitative estimate of drug-likeness (QED) is 0.929.